The van der Waals surface area contributed by atoms with Crippen LogP contribution in [0, 0.1) is 5.41 Å². The largest absolute Gasteiger partial charge is 0.385 e. The second kappa shape index (κ2) is 2.89. The molecule has 1 heterocycles. The predicted molar refractivity (Wildman–Crippen MR) is 49.8 cm³/mol. The molecule has 2 rings (SSSR count). The molecule has 1 N–H and O–H groups in total. The van der Waals surface area contributed by atoms with Gasteiger partial charge in [0, 0.05) is 11.6 Å². The molecule has 1 saturated carbocycles. The zero-order valence-electron chi connectivity index (χ0n) is 7.36. The van der Waals surface area contributed by atoms with E-state index in [4.69, 9.17) is 0 Å². The van der Waals surface area contributed by atoms with Gasteiger partial charge in [-0.1, -0.05) is 6.92 Å². The molecule has 3 nitrogen and oxygen atoms in total. The van der Waals surface area contributed by atoms with Crippen LogP contribution < -0.4 is 0 Å². The molecule has 1 unspecified atom stereocenters. The molecule has 13 heavy (non-hydrogen) atoms. The van der Waals surface area contributed by atoms with Gasteiger partial charge in [0.15, 0.2) is 6.29 Å². The Hall–Kier alpha value is -0.740. The summed E-state index contributed by atoms with van der Waals surface area (Å²) >= 11 is 1.28. The molecular formula is C9H11NO2S. The van der Waals surface area contributed by atoms with E-state index in [1.807, 2.05) is 6.92 Å². The minimum Gasteiger partial charge on any atom is -0.385 e. The van der Waals surface area contributed by atoms with Crippen LogP contribution in [0.25, 0.3) is 0 Å². The van der Waals surface area contributed by atoms with Crippen molar-refractivity contribution in [3.8, 4) is 0 Å². The van der Waals surface area contributed by atoms with Gasteiger partial charge in [-0.05, 0) is 12.8 Å². The smallest absolute Gasteiger partial charge is 0.161 e. The van der Waals surface area contributed by atoms with E-state index in [0.717, 1.165) is 19.1 Å². The number of thiazole rings is 1. The highest BCUT2D eigenvalue weighted by atomic mass is 32.1. The van der Waals surface area contributed by atoms with E-state index in [1.54, 1.807) is 0 Å². The van der Waals surface area contributed by atoms with Crippen LogP contribution in [0.3, 0.4) is 0 Å². The van der Waals surface area contributed by atoms with Crippen LogP contribution in [0.2, 0.25) is 0 Å². The van der Waals surface area contributed by atoms with Crippen LogP contribution in [-0.4, -0.2) is 16.4 Å². The van der Waals surface area contributed by atoms with Crippen molar-refractivity contribution in [2.24, 2.45) is 5.41 Å². The fourth-order valence-corrected chi connectivity index (χ4v) is 2.15. The second-order valence-electron chi connectivity index (χ2n) is 3.78. The molecule has 0 spiro atoms. The van der Waals surface area contributed by atoms with Gasteiger partial charge in [-0.2, -0.15) is 0 Å². The van der Waals surface area contributed by atoms with E-state index in [0.29, 0.717) is 9.88 Å². The summed E-state index contributed by atoms with van der Waals surface area (Å²) in [6.07, 6.45) is 3.88. The Bertz CT molecular complexity index is 330. The third-order valence-electron chi connectivity index (χ3n) is 2.59. The van der Waals surface area contributed by atoms with Gasteiger partial charge < -0.3 is 5.11 Å². The molecule has 1 aromatic rings. The topological polar surface area (TPSA) is 50.2 Å². The van der Waals surface area contributed by atoms with Gasteiger partial charge in [-0.15, -0.1) is 11.3 Å². The Morgan fingerprint density at radius 2 is 2.46 bits per heavy atom. The van der Waals surface area contributed by atoms with Crippen molar-refractivity contribution >= 4 is 17.6 Å². The number of aliphatic hydroxyl groups is 1. The zero-order valence-corrected chi connectivity index (χ0v) is 8.17. The number of carbonyl (C=O) groups is 1. The predicted octanol–water partition coefficient (Wildman–Crippen LogP) is 1.79. The van der Waals surface area contributed by atoms with E-state index >= 15 is 0 Å². The fourth-order valence-electron chi connectivity index (χ4n) is 1.25. The lowest BCUT2D eigenvalue weighted by molar-refractivity contribution is 0.103. The van der Waals surface area contributed by atoms with E-state index < -0.39 is 6.10 Å². The Kier molecular flexibility index (Phi) is 1.96. The third-order valence-corrected chi connectivity index (χ3v) is 3.57. The Morgan fingerprint density at radius 1 is 1.77 bits per heavy atom. The monoisotopic (exact) mass is 197 g/mol. The Morgan fingerprint density at radius 3 is 2.92 bits per heavy atom. The van der Waals surface area contributed by atoms with E-state index in [2.05, 4.69) is 4.98 Å². The summed E-state index contributed by atoms with van der Waals surface area (Å²) in [5, 5.41) is 10.5. The molecule has 1 fully saturated rings. The van der Waals surface area contributed by atoms with Crippen molar-refractivity contribution in [3.05, 3.63) is 16.1 Å². The maximum Gasteiger partial charge on any atom is 0.161 e. The van der Waals surface area contributed by atoms with Crippen molar-refractivity contribution in [1.29, 1.82) is 0 Å². The van der Waals surface area contributed by atoms with E-state index in [-0.39, 0.29) is 5.41 Å². The first-order chi connectivity index (χ1) is 6.15. The minimum atomic E-state index is -0.494. The van der Waals surface area contributed by atoms with E-state index in [9.17, 15) is 9.90 Å². The molecular weight excluding hydrogens is 186 g/mol. The molecule has 70 valence electrons. The number of hydrogen-bond donors (Lipinski definition) is 1. The number of hydrogen-bond acceptors (Lipinski definition) is 4. The molecule has 1 aromatic heterocycles. The first kappa shape index (κ1) is 8.84. The highest BCUT2D eigenvalue weighted by Crippen LogP contribution is 2.54. The van der Waals surface area contributed by atoms with Gasteiger partial charge >= 0.3 is 0 Å². The summed E-state index contributed by atoms with van der Waals surface area (Å²) in [5.41, 5.74) is 0.0119. The quantitative estimate of drug-likeness (QED) is 0.751. The highest BCUT2D eigenvalue weighted by Gasteiger charge is 2.46. The molecule has 0 amide bonds. The summed E-state index contributed by atoms with van der Waals surface area (Å²) in [5.74, 6) is 0. The Labute approximate surface area is 80.4 Å². The molecule has 0 radical (unpaired) electrons. The standard InChI is InChI=1S/C9H11NO2S/c1-9(2-3-9)7(12)8-10-4-6(5-11)13-8/h4-5,7,12H,2-3H2,1H3. The Balaban J connectivity index is 2.20. The molecule has 1 aliphatic rings. The molecule has 4 heteroatoms. The maximum atomic E-state index is 10.4. The molecule has 0 aliphatic heterocycles. The minimum absolute atomic E-state index is 0.0119. The van der Waals surface area contributed by atoms with Gasteiger partial charge in [0.05, 0.1) is 4.88 Å². The maximum absolute atomic E-state index is 10.4. The van der Waals surface area contributed by atoms with Crippen LogP contribution in [0.4, 0.5) is 0 Å². The van der Waals surface area contributed by atoms with Gasteiger partial charge in [0.25, 0.3) is 0 Å². The van der Waals surface area contributed by atoms with Gasteiger partial charge in [0.1, 0.15) is 11.1 Å². The number of aliphatic hydroxyl groups excluding tert-OH is 1. The first-order valence-electron chi connectivity index (χ1n) is 4.25. The van der Waals surface area contributed by atoms with Crippen molar-refractivity contribution < 1.29 is 9.90 Å². The van der Waals surface area contributed by atoms with Crippen molar-refractivity contribution in [2.45, 2.75) is 25.9 Å². The highest BCUT2D eigenvalue weighted by molar-refractivity contribution is 7.13. The van der Waals surface area contributed by atoms with Crippen molar-refractivity contribution in [1.82, 2.24) is 4.98 Å². The average molecular weight is 197 g/mol. The van der Waals surface area contributed by atoms with Gasteiger partial charge in [0.2, 0.25) is 0 Å². The molecule has 0 saturated heterocycles. The number of carbonyl (C=O) groups excluding carboxylic acids is 1. The number of rotatable bonds is 3. The number of aldehydes is 1. The van der Waals surface area contributed by atoms with E-state index in [1.165, 1.54) is 17.5 Å². The number of nitrogens with zero attached hydrogens (tertiary/aromatic N) is 1. The SMILES string of the molecule is CC1(C(O)c2ncc(C=O)s2)CC1. The lowest BCUT2D eigenvalue weighted by Gasteiger charge is -2.13. The molecule has 0 bridgehead atoms. The second-order valence-corrected chi connectivity index (χ2v) is 4.87. The van der Waals surface area contributed by atoms with Crippen LogP contribution in [0.5, 0.6) is 0 Å². The van der Waals surface area contributed by atoms with Crippen LogP contribution in [0.1, 0.15) is 40.5 Å². The van der Waals surface area contributed by atoms with Crippen molar-refractivity contribution in [3.63, 3.8) is 0 Å². The number of aromatic nitrogens is 1. The third kappa shape index (κ3) is 1.51. The van der Waals surface area contributed by atoms with Crippen molar-refractivity contribution in [2.75, 3.05) is 0 Å². The summed E-state index contributed by atoms with van der Waals surface area (Å²) < 4.78 is 0. The van der Waals surface area contributed by atoms with Gasteiger partial charge in [-0.25, -0.2) is 4.98 Å². The molecule has 1 atom stereocenters. The molecule has 0 aromatic carbocycles. The van der Waals surface area contributed by atoms with Gasteiger partial charge in [-0.3, -0.25) is 4.79 Å². The summed E-state index contributed by atoms with van der Waals surface area (Å²) in [7, 11) is 0. The lowest BCUT2D eigenvalue weighted by Crippen LogP contribution is -2.08. The fraction of sp³-hybridized carbons (Fsp3) is 0.556. The summed E-state index contributed by atoms with van der Waals surface area (Å²) in [4.78, 5) is 15.0. The van der Waals surface area contributed by atoms with Crippen LogP contribution >= 0.6 is 11.3 Å². The summed E-state index contributed by atoms with van der Waals surface area (Å²) in [6, 6.07) is 0. The molecule has 1 aliphatic carbocycles. The lowest BCUT2D eigenvalue weighted by atomic mass is 10.0. The first-order valence-corrected chi connectivity index (χ1v) is 5.06. The average Bonchev–Trinajstić information content (AvgIpc) is 2.71. The zero-order chi connectivity index (χ0) is 9.47. The normalized spacial score (nSPS) is 21.1. The van der Waals surface area contributed by atoms with Crippen LogP contribution in [0.15, 0.2) is 6.20 Å². The summed E-state index contributed by atoms with van der Waals surface area (Å²) in [6.45, 7) is 2.04. The van der Waals surface area contributed by atoms with Crippen LogP contribution in [-0.2, 0) is 0 Å².